The van der Waals surface area contributed by atoms with Crippen molar-refractivity contribution in [2.24, 2.45) is 5.11 Å². The van der Waals surface area contributed by atoms with Gasteiger partial charge in [0.05, 0.1) is 0 Å². The van der Waals surface area contributed by atoms with E-state index in [-0.39, 0.29) is 0 Å². The Hall–Kier alpha value is -1.47. The Morgan fingerprint density at radius 1 is 1.50 bits per heavy atom. The fourth-order valence-electron chi connectivity index (χ4n) is 0.670. The summed E-state index contributed by atoms with van der Waals surface area (Å²) in [6.07, 6.45) is 0. The summed E-state index contributed by atoms with van der Waals surface area (Å²) in [5.74, 6) is 0. The molecule has 0 fully saturated rings. The lowest BCUT2D eigenvalue weighted by Crippen LogP contribution is -1.66. The molecule has 1 rings (SSSR count). The quantitative estimate of drug-likeness (QED) is 0.320. The van der Waals surface area contributed by atoms with Gasteiger partial charge in [-0.25, -0.2) is 0 Å². The smallest absolute Gasteiger partial charge is 0.0378 e. The molecule has 3 heteroatoms. The van der Waals surface area contributed by atoms with Crippen LogP contribution in [-0.2, 0) is 0 Å². The average molecular weight is 132 g/mol. The SMILES string of the molecule is [CH2]c1cccc(N=[N+]=[N-])c1. The van der Waals surface area contributed by atoms with Crippen LogP contribution in [0.1, 0.15) is 5.56 Å². The van der Waals surface area contributed by atoms with Gasteiger partial charge in [0, 0.05) is 10.6 Å². The summed E-state index contributed by atoms with van der Waals surface area (Å²) < 4.78 is 0. The zero-order valence-corrected chi connectivity index (χ0v) is 5.36. The van der Waals surface area contributed by atoms with E-state index in [1.54, 1.807) is 18.2 Å². The van der Waals surface area contributed by atoms with Crippen LogP contribution in [0.3, 0.4) is 0 Å². The summed E-state index contributed by atoms with van der Waals surface area (Å²) in [5.41, 5.74) is 9.51. The predicted octanol–water partition coefficient (Wildman–Crippen LogP) is 2.81. The molecule has 0 aliphatic carbocycles. The van der Waals surface area contributed by atoms with Gasteiger partial charge in [-0.2, -0.15) is 0 Å². The molecule has 1 radical (unpaired) electrons. The summed E-state index contributed by atoms with van der Waals surface area (Å²) in [4.78, 5) is 2.64. The van der Waals surface area contributed by atoms with E-state index in [2.05, 4.69) is 16.9 Å². The van der Waals surface area contributed by atoms with Crippen molar-refractivity contribution in [1.29, 1.82) is 0 Å². The predicted molar refractivity (Wildman–Crippen MR) is 39.7 cm³/mol. The fraction of sp³-hybridized carbons (Fsp3) is 0. The van der Waals surface area contributed by atoms with Crippen LogP contribution in [0.15, 0.2) is 29.4 Å². The minimum Gasteiger partial charge on any atom is -0.0615 e. The van der Waals surface area contributed by atoms with E-state index in [1.807, 2.05) is 6.07 Å². The van der Waals surface area contributed by atoms with Gasteiger partial charge in [-0.05, 0) is 24.1 Å². The van der Waals surface area contributed by atoms with Crippen molar-refractivity contribution < 1.29 is 0 Å². The monoisotopic (exact) mass is 132 g/mol. The molecule has 0 aliphatic heterocycles. The van der Waals surface area contributed by atoms with Crippen LogP contribution in [-0.4, -0.2) is 0 Å². The summed E-state index contributed by atoms with van der Waals surface area (Å²) in [7, 11) is 0. The molecule has 1 aromatic rings. The van der Waals surface area contributed by atoms with Crippen LogP contribution in [0.5, 0.6) is 0 Å². The Balaban J connectivity index is 3.06. The second-order valence-electron chi connectivity index (χ2n) is 1.86. The summed E-state index contributed by atoms with van der Waals surface area (Å²) in [6.45, 7) is 3.68. The molecule has 3 nitrogen and oxygen atoms in total. The second kappa shape index (κ2) is 2.90. The van der Waals surface area contributed by atoms with Crippen LogP contribution in [0.25, 0.3) is 10.4 Å². The third-order valence-electron chi connectivity index (χ3n) is 1.07. The van der Waals surface area contributed by atoms with E-state index in [0.29, 0.717) is 5.69 Å². The minimum absolute atomic E-state index is 0.606. The fourth-order valence-corrected chi connectivity index (χ4v) is 0.670. The van der Waals surface area contributed by atoms with Crippen molar-refractivity contribution >= 4 is 5.69 Å². The highest BCUT2D eigenvalue weighted by Crippen LogP contribution is 2.12. The highest BCUT2D eigenvalue weighted by molar-refractivity contribution is 5.40. The van der Waals surface area contributed by atoms with Crippen LogP contribution in [0.2, 0.25) is 0 Å². The summed E-state index contributed by atoms with van der Waals surface area (Å²) in [6, 6.07) is 7.09. The normalized spacial score (nSPS) is 8.50. The first kappa shape index (κ1) is 6.65. The Labute approximate surface area is 58.9 Å². The molecule has 0 saturated heterocycles. The van der Waals surface area contributed by atoms with Crippen molar-refractivity contribution in [2.45, 2.75) is 0 Å². The van der Waals surface area contributed by atoms with Crippen molar-refractivity contribution in [3.05, 3.63) is 47.2 Å². The molecule has 1 aromatic carbocycles. The van der Waals surface area contributed by atoms with Gasteiger partial charge in [-0.3, -0.25) is 0 Å². The van der Waals surface area contributed by atoms with E-state index >= 15 is 0 Å². The molecule has 0 unspecified atom stereocenters. The van der Waals surface area contributed by atoms with Gasteiger partial charge in [0.2, 0.25) is 0 Å². The Morgan fingerprint density at radius 2 is 2.30 bits per heavy atom. The summed E-state index contributed by atoms with van der Waals surface area (Å²) in [5, 5.41) is 3.41. The van der Waals surface area contributed by atoms with Crippen molar-refractivity contribution in [2.75, 3.05) is 0 Å². The lowest BCUT2D eigenvalue weighted by molar-refractivity contribution is 1.46. The molecule has 0 bridgehead atoms. The zero-order valence-electron chi connectivity index (χ0n) is 5.36. The van der Waals surface area contributed by atoms with Gasteiger partial charge in [-0.1, -0.05) is 23.3 Å². The Kier molecular flexibility index (Phi) is 1.92. The van der Waals surface area contributed by atoms with E-state index < -0.39 is 0 Å². The highest BCUT2D eigenvalue weighted by Gasteiger charge is 1.85. The van der Waals surface area contributed by atoms with Crippen LogP contribution in [0.4, 0.5) is 5.69 Å². The third-order valence-corrected chi connectivity index (χ3v) is 1.07. The summed E-state index contributed by atoms with van der Waals surface area (Å²) >= 11 is 0. The van der Waals surface area contributed by atoms with Crippen molar-refractivity contribution in [1.82, 2.24) is 0 Å². The largest absolute Gasteiger partial charge is 0.0615 e. The van der Waals surface area contributed by atoms with Gasteiger partial charge in [0.1, 0.15) is 0 Å². The van der Waals surface area contributed by atoms with Gasteiger partial charge in [0.25, 0.3) is 0 Å². The topological polar surface area (TPSA) is 48.8 Å². The minimum atomic E-state index is 0.606. The maximum Gasteiger partial charge on any atom is 0.0378 e. The first-order chi connectivity index (χ1) is 4.83. The maximum absolute atomic E-state index is 8.05. The molecule has 0 atom stereocenters. The number of azide groups is 1. The highest BCUT2D eigenvalue weighted by atomic mass is 15.1. The first-order valence-corrected chi connectivity index (χ1v) is 2.80. The molecular weight excluding hydrogens is 126 g/mol. The number of benzene rings is 1. The molecule has 0 N–H and O–H groups in total. The van der Waals surface area contributed by atoms with E-state index in [0.717, 1.165) is 5.56 Å². The number of hydrogen-bond donors (Lipinski definition) is 0. The molecule has 0 amide bonds. The molecule has 0 saturated carbocycles. The average Bonchev–Trinajstić information content (AvgIpc) is 1.88. The Morgan fingerprint density at radius 3 is 2.90 bits per heavy atom. The first-order valence-electron chi connectivity index (χ1n) is 2.80. The van der Waals surface area contributed by atoms with Gasteiger partial charge < -0.3 is 0 Å². The Bertz CT molecular complexity index is 274. The number of nitrogens with zero attached hydrogens (tertiary/aromatic N) is 3. The maximum atomic E-state index is 8.05. The molecule has 0 aliphatic rings. The van der Waals surface area contributed by atoms with Gasteiger partial charge in [0.15, 0.2) is 0 Å². The lowest BCUT2D eigenvalue weighted by atomic mass is 10.2. The molecule has 0 aromatic heterocycles. The molecular formula is C7H6N3. The zero-order chi connectivity index (χ0) is 7.40. The third kappa shape index (κ3) is 1.50. The number of hydrogen-bond acceptors (Lipinski definition) is 1. The van der Waals surface area contributed by atoms with Gasteiger partial charge in [-0.15, -0.1) is 0 Å². The molecule has 0 spiro atoms. The molecule has 0 heterocycles. The number of rotatable bonds is 1. The van der Waals surface area contributed by atoms with E-state index in [4.69, 9.17) is 5.53 Å². The second-order valence-corrected chi connectivity index (χ2v) is 1.86. The van der Waals surface area contributed by atoms with Crippen LogP contribution >= 0.6 is 0 Å². The standard InChI is InChI=1S/C7H6N3/c1-6-3-2-4-7(5-6)9-10-8/h2-5H,1H2. The van der Waals surface area contributed by atoms with Crippen LogP contribution < -0.4 is 0 Å². The van der Waals surface area contributed by atoms with E-state index in [9.17, 15) is 0 Å². The lowest BCUT2D eigenvalue weighted by Gasteiger charge is -1.90. The van der Waals surface area contributed by atoms with Crippen molar-refractivity contribution in [3.8, 4) is 0 Å². The van der Waals surface area contributed by atoms with Crippen molar-refractivity contribution in [3.63, 3.8) is 0 Å². The van der Waals surface area contributed by atoms with E-state index in [1.165, 1.54) is 0 Å². The van der Waals surface area contributed by atoms with Gasteiger partial charge >= 0.3 is 0 Å². The van der Waals surface area contributed by atoms with Crippen LogP contribution in [0, 0.1) is 6.92 Å². The molecule has 10 heavy (non-hydrogen) atoms. The molecule has 49 valence electrons.